The smallest absolute Gasteiger partial charge is 0.305 e. The second kappa shape index (κ2) is 7.76. The number of rotatable bonds is 7. The summed E-state index contributed by atoms with van der Waals surface area (Å²) < 4.78 is 9.69. The Kier molecular flexibility index (Phi) is 7.42. The molecule has 4 nitrogen and oxygen atoms in total. The fraction of sp³-hybridized carbons (Fsp3) is 0.900. The molecule has 0 bridgehead atoms. The summed E-state index contributed by atoms with van der Waals surface area (Å²) in [6.07, 6.45) is 1.46. The lowest BCUT2D eigenvalue weighted by Gasteiger charge is -2.19. The molecular formula is C10H21NO3. The van der Waals surface area contributed by atoms with E-state index in [0.29, 0.717) is 12.5 Å². The van der Waals surface area contributed by atoms with Gasteiger partial charge in [-0.05, 0) is 26.8 Å². The lowest BCUT2D eigenvalue weighted by molar-refractivity contribution is -0.140. The van der Waals surface area contributed by atoms with E-state index >= 15 is 0 Å². The Bertz CT molecular complexity index is 161. The third-order valence-corrected chi connectivity index (χ3v) is 2.33. The van der Waals surface area contributed by atoms with Crippen molar-refractivity contribution < 1.29 is 14.3 Å². The highest BCUT2D eigenvalue weighted by Crippen LogP contribution is 1.97. The highest BCUT2D eigenvalue weighted by molar-refractivity contribution is 5.69. The number of esters is 1. The number of carbonyl (C=O) groups excluding carboxylic acids is 1. The van der Waals surface area contributed by atoms with E-state index < -0.39 is 0 Å². The minimum Gasteiger partial charge on any atom is -0.469 e. The van der Waals surface area contributed by atoms with Gasteiger partial charge in [0.15, 0.2) is 0 Å². The Balaban J connectivity index is 3.40. The van der Waals surface area contributed by atoms with Crippen LogP contribution in [0.5, 0.6) is 0 Å². The standard InChI is InChI=1S/C10H21NO3/c1-8(9(2)13-3)11-7-5-6-10(12)14-4/h8-9,11H,5-7H2,1-4H3. The largest absolute Gasteiger partial charge is 0.469 e. The van der Waals surface area contributed by atoms with Crippen LogP contribution in [-0.2, 0) is 14.3 Å². The molecule has 0 saturated heterocycles. The van der Waals surface area contributed by atoms with Gasteiger partial charge in [-0.25, -0.2) is 0 Å². The first-order chi connectivity index (χ1) is 6.61. The van der Waals surface area contributed by atoms with Crippen LogP contribution in [0.2, 0.25) is 0 Å². The summed E-state index contributed by atoms with van der Waals surface area (Å²) >= 11 is 0. The minimum absolute atomic E-state index is 0.153. The van der Waals surface area contributed by atoms with Gasteiger partial charge in [0, 0.05) is 19.6 Å². The van der Waals surface area contributed by atoms with Crippen molar-refractivity contribution in [1.82, 2.24) is 5.32 Å². The zero-order valence-electron chi connectivity index (χ0n) is 9.50. The summed E-state index contributed by atoms with van der Waals surface area (Å²) in [6.45, 7) is 4.88. The molecule has 0 heterocycles. The van der Waals surface area contributed by atoms with Crippen LogP contribution < -0.4 is 5.32 Å². The van der Waals surface area contributed by atoms with Gasteiger partial charge in [-0.15, -0.1) is 0 Å². The first kappa shape index (κ1) is 13.4. The van der Waals surface area contributed by atoms with Crippen molar-refractivity contribution in [3.63, 3.8) is 0 Å². The summed E-state index contributed by atoms with van der Waals surface area (Å²) in [5.41, 5.74) is 0. The van der Waals surface area contributed by atoms with Crippen molar-refractivity contribution in [2.75, 3.05) is 20.8 Å². The van der Waals surface area contributed by atoms with Gasteiger partial charge >= 0.3 is 5.97 Å². The molecule has 0 amide bonds. The van der Waals surface area contributed by atoms with E-state index in [1.165, 1.54) is 7.11 Å². The van der Waals surface area contributed by atoms with E-state index in [-0.39, 0.29) is 12.1 Å². The van der Waals surface area contributed by atoms with Crippen LogP contribution in [0.4, 0.5) is 0 Å². The average molecular weight is 203 g/mol. The van der Waals surface area contributed by atoms with Gasteiger partial charge in [0.2, 0.25) is 0 Å². The second-order valence-corrected chi connectivity index (χ2v) is 3.36. The Labute approximate surface area is 86.0 Å². The van der Waals surface area contributed by atoms with E-state index in [1.807, 2.05) is 6.92 Å². The van der Waals surface area contributed by atoms with Gasteiger partial charge < -0.3 is 14.8 Å². The summed E-state index contributed by atoms with van der Waals surface area (Å²) in [5, 5.41) is 3.28. The summed E-state index contributed by atoms with van der Waals surface area (Å²) in [7, 11) is 3.10. The maximum Gasteiger partial charge on any atom is 0.305 e. The summed E-state index contributed by atoms with van der Waals surface area (Å²) in [4.78, 5) is 10.8. The van der Waals surface area contributed by atoms with Crippen LogP contribution in [0.15, 0.2) is 0 Å². The molecule has 14 heavy (non-hydrogen) atoms. The molecule has 0 aliphatic rings. The van der Waals surface area contributed by atoms with Crippen molar-refractivity contribution in [3.8, 4) is 0 Å². The highest BCUT2D eigenvalue weighted by Gasteiger charge is 2.09. The van der Waals surface area contributed by atoms with Gasteiger partial charge in [-0.2, -0.15) is 0 Å². The number of ether oxygens (including phenoxy) is 2. The molecule has 0 radical (unpaired) electrons. The first-order valence-corrected chi connectivity index (χ1v) is 4.94. The first-order valence-electron chi connectivity index (χ1n) is 4.94. The van der Waals surface area contributed by atoms with Crippen LogP contribution in [0, 0.1) is 0 Å². The molecule has 4 heteroatoms. The Morgan fingerprint density at radius 1 is 1.36 bits per heavy atom. The lowest BCUT2D eigenvalue weighted by Crippen LogP contribution is -2.37. The van der Waals surface area contributed by atoms with Crippen LogP contribution in [0.1, 0.15) is 26.7 Å². The van der Waals surface area contributed by atoms with Crippen LogP contribution in [0.25, 0.3) is 0 Å². The zero-order valence-corrected chi connectivity index (χ0v) is 9.50. The molecule has 0 fully saturated rings. The van der Waals surface area contributed by atoms with Crippen LogP contribution in [0.3, 0.4) is 0 Å². The van der Waals surface area contributed by atoms with Crippen molar-refractivity contribution in [3.05, 3.63) is 0 Å². The van der Waals surface area contributed by atoms with Gasteiger partial charge in [0.1, 0.15) is 0 Å². The molecule has 84 valence electrons. The maximum absolute atomic E-state index is 10.8. The molecule has 0 aliphatic carbocycles. The number of nitrogens with one attached hydrogen (secondary N) is 1. The SMILES string of the molecule is COC(=O)CCCNC(C)C(C)OC. The van der Waals surface area contributed by atoms with Crippen molar-refractivity contribution in [2.24, 2.45) is 0 Å². The van der Waals surface area contributed by atoms with E-state index in [0.717, 1.165) is 13.0 Å². The van der Waals surface area contributed by atoms with Crippen LogP contribution >= 0.6 is 0 Å². The fourth-order valence-corrected chi connectivity index (χ4v) is 1.03. The highest BCUT2D eigenvalue weighted by atomic mass is 16.5. The maximum atomic E-state index is 10.8. The third-order valence-electron chi connectivity index (χ3n) is 2.33. The van der Waals surface area contributed by atoms with E-state index in [2.05, 4.69) is 17.0 Å². The molecule has 0 aromatic rings. The molecule has 0 rings (SSSR count). The molecule has 0 saturated carbocycles. The normalized spacial score (nSPS) is 14.9. The molecule has 0 spiro atoms. The molecule has 0 aromatic carbocycles. The van der Waals surface area contributed by atoms with Crippen molar-refractivity contribution in [1.29, 1.82) is 0 Å². The second-order valence-electron chi connectivity index (χ2n) is 3.36. The van der Waals surface area contributed by atoms with Crippen molar-refractivity contribution in [2.45, 2.75) is 38.8 Å². The monoisotopic (exact) mass is 203 g/mol. The molecule has 2 unspecified atom stereocenters. The number of hydrogen-bond acceptors (Lipinski definition) is 4. The number of methoxy groups -OCH3 is 2. The summed E-state index contributed by atoms with van der Waals surface area (Å²) in [6, 6.07) is 0.303. The predicted octanol–water partition coefficient (Wildman–Crippen LogP) is 0.953. The van der Waals surface area contributed by atoms with Crippen molar-refractivity contribution >= 4 is 5.97 Å². The third kappa shape index (κ3) is 5.94. The lowest BCUT2D eigenvalue weighted by atomic mass is 10.2. The number of carbonyl (C=O) groups is 1. The molecule has 0 aliphatic heterocycles. The van der Waals surface area contributed by atoms with Gasteiger partial charge in [-0.1, -0.05) is 0 Å². The van der Waals surface area contributed by atoms with Gasteiger partial charge in [0.25, 0.3) is 0 Å². The molecule has 1 N–H and O–H groups in total. The zero-order chi connectivity index (χ0) is 11.0. The average Bonchev–Trinajstić information content (AvgIpc) is 2.22. The van der Waals surface area contributed by atoms with E-state index in [4.69, 9.17) is 4.74 Å². The Morgan fingerprint density at radius 2 is 2.00 bits per heavy atom. The topological polar surface area (TPSA) is 47.6 Å². The molecular weight excluding hydrogens is 182 g/mol. The predicted molar refractivity (Wildman–Crippen MR) is 55.2 cm³/mol. The quantitative estimate of drug-likeness (QED) is 0.494. The van der Waals surface area contributed by atoms with Gasteiger partial charge in [-0.3, -0.25) is 4.79 Å². The van der Waals surface area contributed by atoms with E-state index in [9.17, 15) is 4.79 Å². The Hall–Kier alpha value is -0.610. The summed E-state index contributed by atoms with van der Waals surface area (Å²) in [5.74, 6) is -0.153. The molecule has 2 atom stereocenters. The minimum atomic E-state index is -0.153. The fourth-order valence-electron chi connectivity index (χ4n) is 1.03. The van der Waals surface area contributed by atoms with Gasteiger partial charge in [0.05, 0.1) is 13.2 Å². The number of hydrogen-bond donors (Lipinski definition) is 1. The van der Waals surface area contributed by atoms with E-state index in [1.54, 1.807) is 7.11 Å². The van der Waals surface area contributed by atoms with Crippen LogP contribution in [-0.4, -0.2) is 38.9 Å². The molecule has 0 aromatic heterocycles. The Morgan fingerprint density at radius 3 is 2.50 bits per heavy atom.